The van der Waals surface area contributed by atoms with Gasteiger partial charge in [-0.2, -0.15) is 0 Å². The predicted octanol–water partition coefficient (Wildman–Crippen LogP) is 1.06. The largest absolute Gasteiger partial charge is 0.396 e. The van der Waals surface area contributed by atoms with Gasteiger partial charge in [0.2, 0.25) is 0 Å². The molecule has 96 valence electrons. The summed E-state index contributed by atoms with van der Waals surface area (Å²) in [6, 6.07) is 3.89. The van der Waals surface area contributed by atoms with E-state index in [1.165, 1.54) is 0 Å². The average molecular weight is 247 g/mol. The first-order valence-electron chi connectivity index (χ1n) is 5.98. The number of aromatic nitrogens is 2. The van der Waals surface area contributed by atoms with E-state index in [1.807, 2.05) is 32.2 Å². The molecule has 18 heavy (non-hydrogen) atoms. The van der Waals surface area contributed by atoms with Gasteiger partial charge < -0.3 is 10.4 Å². The Balaban J connectivity index is 2.32. The third-order valence-corrected chi connectivity index (χ3v) is 2.79. The summed E-state index contributed by atoms with van der Waals surface area (Å²) in [6.07, 6.45) is 2.41. The Labute approximate surface area is 105 Å². The van der Waals surface area contributed by atoms with E-state index in [1.54, 1.807) is 4.40 Å². The summed E-state index contributed by atoms with van der Waals surface area (Å²) in [5.41, 5.74) is 3.16. The van der Waals surface area contributed by atoms with Gasteiger partial charge in [-0.05, 0) is 38.0 Å². The molecule has 0 bridgehead atoms. The first kappa shape index (κ1) is 12.6. The van der Waals surface area contributed by atoms with Crippen LogP contribution in [0.1, 0.15) is 28.2 Å². The number of amides is 1. The molecule has 2 heterocycles. The van der Waals surface area contributed by atoms with Crippen LogP contribution in [-0.4, -0.2) is 33.6 Å². The second-order valence-electron chi connectivity index (χ2n) is 4.31. The van der Waals surface area contributed by atoms with E-state index in [4.69, 9.17) is 5.11 Å². The maximum Gasteiger partial charge on any atom is 0.270 e. The second-order valence-corrected chi connectivity index (χ2v) is 4.31. The number of nitrogens with zero attached hydrogens (tertiary/aromatic N) is 2. The molecule has 0 radical (unpaired) electrons. The SMILES string of the molecule is Cc1ccn2c(C(=O)NCCCO)c(C)nc2c1. The first-order valence-corrected chi connectivity index (χ1v) is 5.98. The molecule has 0 aliphatic carbocycles. The fraction of sp³-hybridized carbons (Fsp3) is 0.385. The van der Waals surface area contributed by atoms with E-state index in [0.29, 0.717) is 24.4 Å². The molecule has 0 spiro atoms. The molecular formula is C13H17N3O2. The maximum atomic E-state index is 12.0. The van der Waals surface area contributed by atoms with Crippen LogP contribution in [0.15, 0.2) is 18.3 Å². The zero-order valence-electron chi connectivity index (χ0n) is 10.6. The Morgan fingerprint density at radius 3 is 3.00 bits per heavy atom. The summed E-state index contributed by atoms with van der Waals surface area (Å²) in [5, 5.41) is 11.5. The molecule has 0 aromatic carbocycles. The maximum absolute atomic E-state index is 12.0. The zero-order valence-corrected chi connectivity index (χ0v) is 10.6. The molecule has 0 saturated carbocycles. The number of fused-ring (bicyclic) bond motifs is 1. The minimum absolute atomic E-state index is 0.0750. The second kappa shape index (κ2) is 5.18. The minimum atomic E-state index is -0.155. The third kappa shape index (κ3) is 2.36. The van der Waals surface area contributed by atoms with Gasteiger partial charge in [0, 0.05) is 19.3 Å². The number of rotatable bonds is 4. The molecule has 0 unspecified atom stereocenters. The Bertz CT molecular complexity index is 575. The van der Waals surface area contributed by atoms with Gasteiger partial charge in [0.25, 0.3) is 5.91 Å². The number of aryl methyl sites for hydroxylation is 2. The summed E-state index contributed by atoms with van der Waals surface area (Å²) in [5.74, 6) is -0.155. The topological polar surface area (TPSA) is 66.6 Å². The average Bonchev–Trinajstić information content (AvgIpc) is 2.64. The van der Waals surface area contributed by atoms with Crippen LogP contribution in [0, 0.1) is 13.8 Å². The molecule has 0 atom stereocenters. The van der Waals surface area contributed by atoms with Gasteiger partial charge in [-0.25, -0.2) is 4.98 Å². The van der Waals surface area contributed by atoms with Crippen molar-refractivity contribution in [1.29, 1.82) is 0 Å². The molecule has 0 aliphatic heterocycles. The summed E-state index contributed by atoms with van der Waals surface area (Å²) in [6.45, 7) is 4.35. The third-order valence-electron chi connectivity index (χ3n) is 2.79. The lowest BCUT2D eigenvalue weighted by Gasteiger charge is -2.05. The molecule has 2 rings (SSSR count). The number of carbonyl (C=O) groups excluding carboxylic acids is 1. The van der Waals surface area contributed by atoms with Crippen molar-refractivity contribution in [3.8, 4) is 0 Å². The molecular weight excluding hydrogens is 230 g/mol. The van der Waals surface area contributed by atoms with Gasteiger partial charge in [0.1, 0.15) is 11.3 Å². The highest BCUT2D eigenvalue weighted by Crippen LogP contribution is 2.13. The molecule has 2 aromatic rings. The summed E-state index contributed by atoms with van der Waals surface area (Å²) in [7, 11) is 0. The van der Waals surface area contributed by atoms with Gasteiger partial charge in [0.05, 0.1) is 5.69 Å². The van der Waals surface area contributed by atoms with E-state index in [2.05, 4.69) is 10.3 Å². The molecule has 1 amide bonds. The van der Waals surface area contributed by atoms with E-state index in [9.17, 15) is 4.79 Å². The Morgan fingerprint density at radius 1 is 1.50 bits per heavy atom. The van der Waals surface area contributed by atoms with Crippen molar-refractivity contribution in [3.05, 3.63) is 35.3 Å². The highest BCUT2D eigenvalue weighted by atomic mass is 16.3. The Morgan fingerprint density at radius 2 is 2.28 bits per heavy atom. The van der Waals surface area contributed by atoms with Crippen molar-refractivity contribution in [2.75, 3.05) is 13.2 Å². The van der Waals surface area contributed by atoms with E-state index < -0.39 is 0 Å². The van der Waals surface area contributed by atoms with Gasteiger partial charge in [-0.1, -0.05) is 0 Å². The molecule has 0 fully saturated rings. The number of imidazole rings is 1. The van der Waals surface area contributed by atoms with Crippen molar-refractivity contribution in [1.82, 2.24) is 14.7 Å². The van der Waals surface area contributed by atoms with Crippen LogP contribution in [0.2, 0.25) is 0 Å². The highest BCUT2D eigenvalue weighted by Gasteiger charge is 2.15. The zero-order chi connectivity index (χ0) is 13.1. The number of aliphatic hydroxyl groups excluding tert-OH is 1. The van der Waals surface area contributed by atoms with Crippen LogP contribution in [-0.2, 0) is 0 Å². The van der Waals surface area contributed by atoms with Crippen molar-refractivity contribution < 1.29 is 9.90 Å². The monoisotopic (exact) mass is 247 g/mol. The van der Waals surface area contributed by atoms with Crippen LogP contribution in [0.3, 0.4) is 0 Å². The van der Waals surface area contributed by atoms with Crippen molar-refractivity contribution in [2.45, 2.75) is 20.3 Å². The lowest BCUT2D eigenvalue weighted by atomic mass is 10.3. The number of aliphatic hydroxyl groups is 1. The van der Waals surface area contributed by atoms with Crippen molar-refractivity contribution in [2.24, 2.45) is 0 Å². The molecule has 0 aliphatic rings. The van der Waals surface area contributed by atoms with Crippen molar-refractivity contribution in [3.63, 3.8) is 0 Å². The highest BCUT2D eigenvalue weighted by molar-refractivity contribution is 5.94. The van der Waals surface area contributed by atoms with E-state index in [-0.39, 0.29) is 12.5 Å². The van der Waals surface area contributed by atoms with Gasteiger partial charge in [-0.15, -0.1) is 0 Å². The van der Waals surface area contributed by atoms with E-state index >= 15 is 0 Å². The summed E-state index contributed by atoms with van der Waals surface area (Å²) >= 11 is 0. The predicted molar refractivity (Wildman–Crippen MR) is 68.7 cm³/mol. The molecule has 0 saturated heterocycles. The molecule has 5 heteroatoms. The van der Waals surface area contributed by atoms with Crippen LogP contribution in [0.5, 0.6) is 0 Å². The first-order chi connectivity index (χ1) is 8.63. The summed E-state index contributed by atoms with van der Waals surface area (Å²) < 4.78 is 1.79. The normalized spacial score (nSPS) is 10.8. The van der Waals surface area contributed by atoms with E-state index in [0.717, 1.165) is 11.2 Å². The lowest BCUT2D eigenvalue weighted by Crippen LogP contribution is -2.26. The number of pyridine rings is 1. The van der Waals surface area contributed by atoms with Crippen LogP contribution in [0.25, 0.3) is 5.65 Å². The molecule has 2 aromatic heterocycles. The Hall–Kier alpha value is -1.88. The number of hydrogen-bond donors (Lipinski definition) is 2. The van der Waals surface area contributed by atoms with Gasteiger partial charge in [-0.3, -0.25) is 9.20 Å². The summed E-state index contributed by atoms with van der Waals surface area (Å²) in [4.78, 5) is 16.4. The smallest absolute Gasteiger partial charge is 0.270 e. The van der Waals surface area contributed by atoms with Crippen LogP contribution in [0.4, 0.5) is 0 Å². The fourth-order valence-corrected chi connectivity index (χ4v) is 1.90. The quantitative estimate of drug-likeness (QED) is 0.794. The Kier molecular flexibility index (Phi) is 3.62. The standard InChI is InChI=1S/C13H17N3O2/c1-9-4-6-16-11(8-9)15-10(2)12(16)13(18)14-5-3-7-17/h4,6,8,17H,3,5,7H2,1-2H3,(H,14,18). The van der Waals surface area contributed by atoms with Crippen molar-refractivity contribution >= 4 is 11.6 Å². The number of carbonyl (C=O) groups is 1. The van der Waals surface area contributed by atoms with Crippen LogP contribution >= 0.6 is 0 Å². The fourth-order valence-electron chi connectivity index (χ4n) is 1.90. The molecule has 2 N–H and O–H groups in total. The van der Waals surface area contributed by atoms with Crippen LogP contribution < -0.4 is 5.32 Å². The minimum Gasteiger partial charge on any atom is -0.396 e. The van der Waals surface area contributed by atoms with Gasteiger partial charge in [0.15, 0.2) is 0 Å². The number of nitrogens with one attached hydrogen (secondary N) is 1. The molecule has 5 nitrogen and oxygen atoms in total. The number of hydrogen-bond acceptors (Lipinski definition) is 3. The lowest BCUT2D eigenvalue weighted by molar-refractivity contribution is 0.0944. The van der Waals surface area contributed by atoms with Gasteiger partial charge >= 0.3 is 0 Å².